The Balaban J connectivity index is 1.06. The van der Waals surface area contributed by atoms with Gasteiger partial charge >= 0.3 is 5.97 Å². The highest BCUT2D eigenvalue weighted by Crippen LogP contribution is 2.39. The van der Waals surface area contributed by atoms with Gasteiger partial charge in [0.25, 0.3) is 0 Å². The van der Waals surface area contributed by atoms with E-state index < -0.39 is 42.5 Å². The maximum absolute atomic E-state index is 13.5. The Kier molecular flexibility index (Phi) is 17.5. The van der Waals surface area contributed by atoms with E-state index in [2.05, 4.69) is 22.5 Å². The van der Waals surface area contributed by atoms with Crippen molar-refractivity contribution in [1.82, 2.24) is 9.97 Å². The van der Waals surface area contributed by atoms with Crippen LogP contribution in [0.5, 0.6) is 0 Å². The Morgan fingerprint density at radius 1 is 1.01 bits per heavy atom. The smallest absolute Gasteiger partial charge is 0.330 e. The van der Waals surface area contributed by atoms with Crippen molar-refractivity contribution in [3.05, 3.63) is 95.4 Å². The molecule has 2 aromatic rings. The van der Waals surface area contributed by atoms with Gasteiger partial charge in [-0.2, -0.15) is 0 Å². The van der Waals surface area contributed by atoms with Gasteiger partial charge in [-0.3, -0.25) is 0 Å². The summed E-state index contributed by atoms with van der Waals surface area (Å²) in [6.45, 7) is 12.3. The van der Waals surface area contributed by atoms with Crippen LogP contribution in [0.15, 0.2) is 81.1 Å². The maximum atomic E-state index is 13.5. The van der Waals surface area contributed by atoms with Crippen LogP contribution in [0.3, 0.4) is 0 Å². The fraction of sp³-hybridized carbons (Fsp3) is 0.596. The van der Waals surface area contributed by atoms with E-state index in [1.54, 1.807) is 30.6 Å². The van der Waals surface area contributed by atoms with Crippen molar-refractivity contribution in [3.63, 3.8) is 0 Å². The molecular formula is C52H68N2O13. The number of aromatic nitrogens is 2. The molecule has 67 heavy (non-hydrogen) atoms. The summed E-state index contributed by atoms with van der Waals surface area (Å²) in [5.74, 6) is -0.0700. The lowest BCUT2D eigenvalue weighted by atomic mass is 9.79. The topological polar surface area (TPSA) is 205 Å². The first-order chi connectivity index (χ1) is 32.2. The van der Waals surface area contributed by atoms with Crippen LogP contribution in [0.2, 0.25) is 0 Å². The van der Waals surface area contributed by atoms with E-state index in [0.717, 1.165) is 29.6 Å². The third-order valence-corrected chi connectivity index (χ3v) is 13.4. The number of oxazole rings is 2. The molecule has 4 fully saturated rings. The number of terminal acetylenes is 1. The van der Waals surface area contributed by atoms with Gasteiger partial charge in [0, 0.05) is 49.7 Å². The summed E-state index contributed by atoms with van der Waals surface area (Å²) in [7, 11) is 0. The molecule has 0 spiro atoms. The molecule has 5 aliphatic heterocycles. The highest BCUT2D eigenvalue weighted by atomic mass is 16.7. The first-order valence-corrected chi connectivity index (χ1v) is 23.7. The Labute approximate surface area is 393 Å². The summed E-state index contributed by atoms with van der Waals surface area (Å²) in [6.07, 6.45) is 22.9. The molecule has 8 bridgehead atoms. The van der Waals surface area contributed by atoms with E-state index in [1.807, 2.05) is 45.9 Å². The summed E-state index contributed by atoms with van der Waals surface area (Å²) in [6, 6.07) is 0. The standard InChI is InChI=1S/C52H68N2O13/c1-7-10-36(27-55)16-15-31(2)21-43(57)45-23-37(28-56)25-52(59,67-45)26-47-53-38(29-61-47)22-33(4)49-35(6)50-34(5)44(65-49)12-9-13-46-54-42(30-62-46)51-60-18-17-40(64-51)24-41-20-32(3)19-39(63-41)11-8-14-48(58)66-50/h1,8-9,13-16,21-22,29-30,34-37,39-41,43-45,49-51,55-57,59H,3,10-12,17-20,23-28H2,2,4-6H3/b13-9+,14-8+,16-15+,31-21+,33-22+/t34-,35-,36+,37+,39-,40-,41+,43+,44+,45+,49-,50-,51-,52-/m0/s1. The average molecular weight is 929 g/mol. The number of allylic oxidation sites excluding steroid dienone is 2. The molecule has 2 aromatic heterocycles. The molecular weight excluding hydrogens is 861 g/mol. The first kappa shape index (κ1) is 50.4. The molecule has 0 unspecified atom stereocenters. The largest absolute Gasteiger partial charge is 0.458 e. The second kappa shape index (κ2) is 23.2. The average Bonchev–Trinajstić information content (AvgIpc) is 3.95. The SMILES string of the molecule is C#CC[C@H](/C=C/C(C)=C/[C@@H](O)[C@H]1C[C@@H](CO)C[C@@](O)(Cc2nc(/C=C(\C)[C@@H]3O[C@@H]4C/C=C/c5nc(co5)[C@H]5OCC[C@@H](C[C@H]6CC(=C)C[C@H](C/C=C/C(=O)O[C@@H]([C@H]4C)[C@H]3C)O6)O5)co2)O1)CO. The van der Waals surface area contributed by atoms with E-state index >= 15 is 0 Å². The number of esters is 1. The van der Waals surface area contributed by atoms with Crippen LogP contribution in [0.1, 0.15) is 115 Å². The van der Waals surface area contributed by atoms with Gasteiger partial charge < -0.3 is 57.7 Å². The normalized spacial score (nSPS) is 35.5. The van der Waals surface area contributed by atoms with Crippen molar-refractivity contribution in [2.24, 2.45) is 23.7 Å². The van der Waals surface area contributed by atoms with Gasteiger partial charge in [0.2, 0.25) is 12.2 Å². The van der Waals surface area contributed by atoms with Gasteiger partial charge in [0.15, 0.2) is 11.7 Å². The molecule has 364 valence electrons. The zero-order chi connectivity index (χ0) is 47.7. The second-order valence-corrected chi connectivity index (χ2v) is 19.1. The molecule has 4 saturated heterocycles. The zero-order valence-electron chi connectivity index (χ0n) is 39.1. The zero-order valence-corrected chi connectivity index (χ0v) is 39.1. The lowest BCUT2D eigenvalue weighted by Gasteiger charge is -2.44. The molecule has 5 aliphatic rings. The predicted octanol–water partition coefficient (Wildman–Crippen LogP) is 6.89. The number of carbonyl (C=O) groups excluding carboxylic acids is 1. The van der Waals surface area contributed by atoms with E-state index in [4.69, 9.17) is 43.7 Å². The molecule has 0 saturated carbocycles. The molecule has 0 amide bonds. The highest BCUT2D eigenvalue weighted by Gasteiger charge is 2.45. The quantitative estimate of drug-likeness (QED) is 0.0784. The fourth-order valence-corrected chi connectivity index (χ4v) is 9.96. The van der Waals surface area contributed by atoms with E-state index in [1.165, 1.54) is 12.3 Å². The van der Waals surface area contributed by atoms with Gasteiger partial charge in [0.05, 0.1) is 62.4 Å². The third kappa shape index (κ3) is 13.6. The lowest BCUT2D eigenvalue weighted by molar-refractivity contribution is -0.279. The molecule has 7 heterocycles. The number of rotatable bonds is 11. The minimum Gasteiger partial charge on any atom is -0.458 e. The predicted molar refractivity (Wildman–Crippen MR) is 247 cm³/mol. The molecule has 0 radical (unpaired) electrons. The van der Waals surface area contributed by atoms with Crippen molar-refractivity contribution in [3.8, 4) is 12.3 Å². The van der Waals surface area contributed by atoms with Crippen LogP contribution in [0, 0.1) is 36.0 Å². The van der Waals surface area contributed by atoms with Crippen molar-refractivity contribution in [2.45, 2.75) is 153 Å². The van der Waals surface area contributed by atoms with Crippen molar-refractivity contribution >= 4 is 18.1 Å². The second-order valence-electron chi connectivity index (χ2n) is 19.1. The molecule has 0 aromatic carbocycles. The van der Waals surface area contributed by atoms with Crippen molar-refractivity contribution < 1.29 is 62.5 Å². The van der Waals surface area contributed by atoms with Gasteiger partial charge in [0.1, 0.15) is 30.0 Å². The Morgan fingerprint density at radius 3 is 2.61 bits per heavy atom. The van der Waals surface area contributed by atoms with Crippen LogP contribution in [0.4, 0.5) is 0 Å². The third-order valence-electron chi connectivity index (χ3n) is 13.4. The molecule has 7 rings (SSSR count). The van der Waals surface area contributed by atoms with E-state index in [-0.39, 0.29) is 80.0 Å². The fourth-order valence-electron chi connectivity index (χ4n) is 9.96. The summed E-state index contributed by atoms with van der Waals surface area (Å²) >= 11 is 0. The number of fused-ring (bicyclic) bond motifs is 9. The number of hydrogen-bond donors (Lipinski definition) is 4. The molecule has 14 atom stereocenters. The minimum absolute atomic E-state index is 0.0673. The molecule has 4 N–H and O–H groups in total. The summed E-state index contributed by atoms with van der Waals surface area (Å²) in [4.78, 5) is 22.8. The van der Waals surface area contributed by atoms with Crippen LogP contribution in [0.25, 0.3) is 12.2 Å². The van der Waals surface area contributed by atoms with Crippen molar-refractivity contribution in [2.75, 3.05) is 19.8 Å². The number of nitrogens with zero attached hydrogens (tertiary/aromatic N) is 2. The Morgan fingerprint density at radius 2 is 1.82 bits per heavy atom. The summed E-state index contributed by atoms with van der Waals surface area (Å²) in [5, 5.41) is 42.6. The lowest BCUT2D eigenvalue weighted by Crippen LogP contribution is -2.50. The number of aliphatic hydroxyl groups excluding tert-OH is 3. The van der Waals surface area contributed by atoms with Crippen LogP contribution >= 0.6 is 0 Å². The molecule has 15 heteroatoms. The molecule has 15 nitrogen and oxygen atoms in total. The van der Waals surface area contributed by atoms with Gasteiger partial charge in [-0.1, -0.05) is 62.0 Å². The van der Waals surface area contributed by atoms with Gasteiger partial charge in [-0.15, -0.1) is 12.3 Å². The first-order valence-electron chi connectivity index (χ1n) is 23.7. The van der Waals surface area contributed by atoms with Crippen LogP contribution in [-0.2, 0) is 39.6 Å². The van der Waals surface area contributed by atoms with Crippen LogP contribution in [-0.4, -0.2) is 111 Å². The number of hydrogen-bond acceptors (Lipinski definition) is 15. The van der Waals surface area contributed by atoms with E-state index in [0.29, 0.717) is 62.4 Å². The minimum atomic E-state index is -1.78. The van der Waals surface area contributed by atoms with E-state index in [9.17, 15) is 25.2 Å². The van der Waals surface area contributed by atoms with Gasteiger partial charge in [-0.05, 0) is 76.0 Å². The molecule has 0 aliphatic carbocycles. The summed E-state index contributed by atoms with van der Waals surface area (Å²) < 4.78 is 49.6. The Bertz CT molecular complexity index is 2180. The van der Waals surface area contributed by atoms with Gasteiger partial charge in [-0.25, -0.2) is 14.8 Å². The number of ether oxygens (including phenoxy) is 6. The van der Waals surface area contributed by atoms with Crippen LogP contribution < -0.4 is 0 Å². The number of aliphatic hydroxyl groups is 4. The Hall–Kier alpha value is -4.47. The monoisotopic (exact) mass is 928 g/mol. The number of carbonyl (C=O) groups is 1. The maximum Gasteiger partial charge on any atom is 0.330 e. The van der Waals surface area contributed by atoms with Crippen molar-refractivity contribution in [1.29, 1.82) is 0 Å². The summed E-state index contributed by atoms with van der Waals surface area (Å²) in [5.41, 5.74) is 3.69. The highest BCUT2D eigenvalue weighted by molar-refractivity contribution is 5.82.